The Labute approximate surface area is 197 Å². The summed E-state index contributed by atoms with van der Waals surface area (Å²) in [6.45, 7) is 7.10. The molecular formula is C24H28N4O4S. The van der Waals surface area contributed by atoms with E-state index in [1.807, 2.05) is 35.8 Å². The van der Waals surface area contributed by atoms with Gasteiger partial charge in [0.1, 0.15) is 12.4 Å². The topological polar surface area (TPSA) is 95.3 Å². The van der Waals surface area contributed by atoms with Gasteiger partial charge in [0.05, 0.1) is 17.9 Å². The van der Waals surface area contributed by atoms with E-state index in [-0.39, 0.29) is 11.7 Å². The molecule has 0 aliphatic carbocycles. The van der Waals surface area contributed by atoms with Crippen LogP contribution in [0.2, 0.25) is 0 Å². The Morgan fingerprint density at radius 1 is 1.06 bits per heavy atom. The lowest BCUT2D eigenvalue weighted by molar-refractivity contribution is -0.113. The van der Waals surface area contributed by atoms with Gasteiger partial charge >= 0.3 is 5.97 Å². The van der Waals surface area contributed by atoms with Gasteiger partial charge in [0, 0.05) is 12.2 Å². The van der Waals surface area contributed by atoms with Gasteiger partial charge in [-0.1, -0.05) is 36.9 Å². The van der Waals surface area contributed by atoms with Crippen LogP contribution in [-0.4, -0.2) is 39.0 Å². The lowest BCUT2D eigenvalue weighted by Crippen LogP contribution is -2.15. The standard InChI is InChI=1S/C24H28N4O4S/c1-4-17-10-12-20(13-11-17)32-15-21-26-27-24(28(21)5-2)33-16-22(29)25-19-9-7-8-18(14-19)23(30)31-6-3/h7-14H,4-6,15-16H2,1-3H3,(H,25,29). The van der Waals surface area contributed by atoms with Crippen LogP contribution < -0.4 is 10.1 Å². The monoisotopic (exact) mass is 468 g/mol. The van der Waals surface area contributed by atoms with Crippen LogP contribution in [-0.2, 0) is 29.1 Å². The molecule has 0 aliphatic heterocycles. The Kier molecular flexibility index (Phi) is 8.88. The molecule has 8 nitrogen and oxygen atoms in total. The molecule has 1 heterocycles. The second-order valence-corrected chi connectivity index (χ2v) is 8.01. The number of ether oxygens (including phenoxy) is 2. The van der Waals surface area contributed by atoms with Crippen LogP contribution in [0.3, 0.4) is 0 Å². The highest BCUT2D eigenvalue weighted by Gasteiger charge is 2.14. The number of esters is 1. The lowest BCUT2D eigenvalue weighted by Gasteiger charge is -2.10. The number of hydrogen-bond acceptors (Lipinski definition) is 7. The summed E-state index contributed by atoms with van der Waals surface area (Å²) in [6.07, 6.45) is 0.982. The molecule has 0 bridgehead atoms. The van der Waals surface area contributed by atoms with E-state index >= 15 is 0 Å². The van der Waals surface area contributed by atoms with Crippen molar-refractivity contribution < 1.29 is 19.1 Å². The van der Waals surface area contributed by atoms with Crippen molar-refractivity contribution in [2.75, 3.05) is 17.7 Å². The van der Waals surface area contributed by atoms with Gasteiger partial charge in [-0.05, 0) is 56.2 Å². The van der Waals surface area contributed by atoms with Gasteiger partial charge < -0.3 is 19.4 Å². The lowest BCUT2D eigenvalue weighted by atomic mass is 10.2. The van der Waals surface area contributed by atoms with Crippen molar-refractivity contribution in [3.8, 4) is 5.75 Å². The summed E-state index contributed by atoms with van der Waals surface area (Å²) in [6, 6.07) is 14.6. The fourth-order valence-corrected chi connectivity index (χ4v) is 3.91. The second-order valence-electron chi connectivity index (χ2n) is 7.07. The summed E-state index contributed by atoms with van der Waals surface area (Å²) >= 11 is 1.30. The van der Waals surface area contributed by atoms with Gasteiger partial charge in [0.15, 0.2) is 11.0 Å². The molecule has 9 heteroatoms. The molecule has 3 aromatic rings. The van der Waals surface area contributed by atoms with Crippen molar-refractivity contribution in [3.63, 3.8) is 0 Å². The van der Waals surface area contributed by atoms with E-state index in [1.54, 1.807) is 31.2 Å². The van der Waals surface area contributed by atoms with Gasteiger partial charge in [0.25, 0.3) is 0 Å². The van der Waals surface area contributed by atoms with E-state index < -0.39 is 5.97 Å². The van der Waals surface area contributed by atoms with E-state index in [2.05, 4.69) is 22.4 Å². The zero-order valence-corrected chi connectivity index (χ0v) is 19.9. The van der Waals surface area contributed by atoms with E-state index in [1.165, 1.54) is 17.3 Å². The zero-order valence-electron chi connectivity index (χ0n) is 19.0. The van der Waals surface area contributed by atoms with Crippen LogP contribution in [0.4, 0.5) is 5.69 Å². The molecule has 0 atom stereocenters. The van der Waals surface area contributed by atoms with Crippen LogP contribution >= 0.6 is 11.8 Å². The predicted octanol–water partition coefficient (Wildman–Crippen LogP) is 4.35. The Morgan fingerprint density at radius 2 is 1.85 bits per heavy atom. The first-order valence-electron chi connectivity index (χ1n) is 10.9. The second kappa shape index (κ2) is 12.1. The average molecular weight is 469 g/mol. The SMILES string of the molecule is CCOC(=O)c1cccc(NC(=O)CSc2nnc(COc3ccc(CC)cc3)n2CC)c1. The number of carbonyl (C=O) groups excluding carboxylic acids is 2. The molecule has 1 N–H and O–H groups in total. The highest BCUT2D eigenvalue weighted by molar-refractivity contribution is 7.99. The quantitative estimate of drug-likeness (QED) is 0.330. The number of hydrogen-bond donors (Lipinski definition) is 1. The van der Waals surface area contributed by atoms with Gasteiger partial charge in [-0.15, -0.1) is 10.2 Å². The van der Waals surface area contributed by atoms with Gasteiger partial charge in [-0.2, -0.15) is 0 Å². The number of aryl methyl sites for hydroxylation is 1. The van der Waals surface area contributed by atoms with Crippen LogP contribution in [0.5, 0.6) is 5.75 Å². The number of thioether (sulfide) groups is 1. The molecule has 174 valence electrons. The summed E-state index contributed by atoms with van der Waals surface area (Å²) < 4.78 is 12.8. The number of carbonyl (C=O) groups is 2. The minimum Gasteiger partial charge on any atom is -0.486 e. The Bertz CT molecular complexity index is 1080. The third-order valence-corrected chi connectivity index (χ3v) is 5.77. The van der Waals surface area contributed by atoms with Crippen molar-refractivity contribution in [2.45, 2.75) is 45.5 Å². The number of amides is 1. The summed E-state index contributed by atoms with van der Waals surface area (Å²) in [5.74, 6) is 0.996. The molecule has 3 rings (SSSR count). The molecule has 2 aromatic carbocycles. The van der Waals surface area contributed by atoms with Crippen LogP contribution in [0.15, 0.2) is 53.7 Å². The van der Waals surface area contributed by atoms with E-state index in [0.717, 1.165) is 12.2 Å². The van der Waals surface area contributed by atoms with Gasteiger partial charge in [0.2, 0.25) is 5.91 Å². The molecule has 0 fully saturated rings. The average Bonchev–Trinajstić information content (AvgIpc) is 3.23. The molecule has 0 unspecified atom stereocenters. The number of rotatable bonds is 11. The van der Waals surface area contributed by atoms with Crippen LogP contribution in [0, 0.1) is 0 Å². The maximum atomic E-state index is 12.4. The number of benzene rings is 2. The maximum Gasteiger partial charge on any atom is 0.338 e. The molecule has 0 saturated heterocycles. The summed E-state index contributed by atoms with van der Waals surface area (Å²) in [4.78, 5) is 24.3. The normalized spacial score (nSPS) is 10.6. The summed E-state index contributed by atoms with van der Waals surface area (Å²) in [5.41, 5.74) is 2.18. The van der Waals surface area contributed by atoms with E-state index in [0.29, 0.717) is 42.0 Å². The first-order chi connectivity index (χ1) is 16.0. The first-order valence-corrected chi connectivity index (χ1v) is 11.9. The number of anilines is 1. The molecule has 1 amide bonds. The van der Waals surface area contributed by atoms with Crippen molar-refractivity contribution in [1.29, 1.82) is 0 Å². The van der Waals surface area contributed by atoms with Crippen molar-refractivity contribution >= 4 is 29.3 Å². The minimum absolute atomic E-state index is 0.154. The van der Waals surface area contributed by atoms with Crippen LogP contribution in [0.25, 0.3) is 0 Å². The Hall–Kier alpha value is -3.33. The Balaban J connectivity index is 1.55. The van der Waals surface area contributed by atoms with E-state index in [9.17, 15) is 9.59 Å². The molecule has 0 aliphatic rings. The van der Waals surface area contributed by atoms with Crippen LogP contribution in [0.1, 0.15) is 42.5 Å². The number of nitrogens with zero attached hydrogens (tertiary/aromatic N) is 3. The largest absolute Gasteiger partial charge is 0.486 e. The number of aromatic nitrogens is 3. The zero-order chi connectivity index (χ0) is 23.6. The third-order valence-electron chi connectivity index (χ3n) is 4.80. The molecule has 33 heavy (non-hydrogen) atoms. The summed E-state index contributed by atoms with van der Waals surface area (Å²) in [7, 11) is 0. The highest BCUT2D eigenvalue weighted by Crippen LogP contribution is 2.20. The smallest absolute Gasteiger partial charge is 0.338 e. The van der Waals surface area contributed by atoms with Gasteiger partial charge in [-0.3, -0.25) is 4.79 Å². The molecule has 0 spiro atoms. The van der Waals surface area contributed by atoms with Crippen molar-refractivity contribution in [2.24, 2.45) is 0 Å². The number of nitrogens with one attached hydrogen (secondary N) is 1. The summed E-state index contributed by atoms with van der Waals surface area (Å²) in [5, 5.41) is 11.9. The van der Waals surface area contributed by atoms with Crippen molar-refractivity contribution in [1.82, 2.24) is 14.8 Å². The van der Waals surface area contributed by atoms with Gasteiger partial charge in [-0.25, -0.2) is 4.79 Å². The fraction of sp³-hybridized carbons (Fsp3) is 0.333. The van der Waals surface area contributed by atoms with E-state index in [4.69, 9.17) is 9.47 Å². The molecule has 0 radical (unpaired) electrons. The molecular weight excluding hydrogens is 440 g/mol. The third kappa shape index (κ3) is 6.82. The predicted molar refractivity (Wildman–Crippen MR) is 128 cm³/mol. The maximum absolute atomic E-state index is 12.4. The fourth-order valence-electron chi connectivity index (χ4n) is 3.08. The first kappa shape index (κ1) is 24.3. The highest BCUT2D eigenvalue weighted by atomic mass is 32.2. The minimum atomic E-state index is -0.421. The molecule has 1 aromatic heterocycles. The molecule has 0 saturated carbocycles. The van der Waals surface area contributed by atoms with Crippen molar-refractivity contribution in [3.05, 3.63) is 65.5 Å². The Morgan fingerprint density at radius 3 is 2.55 bits per heavy atom.